The van der Waals surface area contributed by atoms with Gasteiger partial charge in [0.1, 0.15) is 11.4 Å². The fourth-order valence-corrected chi connectivity index (χ4v) is 2.76. The molecule has 0 aliphatic carbocycles. The number of nitrogens with one attached hydrogen (secondary N) is 4. The maximum atomic E-state index is 12.3. The number of halogens is 1. The molecule has 9 nitrogen and oxygen atoms in total. The number of aryl methyl sites for hydroxylation is 1. The third-order valence-corrected chi connectivity index (χ3v) is 4.76. The van der Waals surface area contributed by atoms with Crippen LogP contribution in [0.5, 0.6) is 0 Å². The lowest BCUT2D eigenvalue weighted by atomic mass is 9.93. The summed E-state index contributed by atoms with van der Waals surface area (Å²) in [6, 6.07) is 3.67. The molecule has 1 heterocycles. The highest BCUT2D eigenvalue weighted by atomic mass is 127. The molecule has 2 amide bonds. The van der Waals surface area contributed by atoms with Crippen LogP contribution in [0.4, 0.5) is 10.6 Å². The molecule has 1 rings (SSSR count). The lowest BCUT2D eigenvalue weighted by Crippen LogP contribution is -2.57. The van der Waals surface area contributed by atoms with Crippen molar-refractivity contribution in [2.75, 3.05) is 25.5 Å². The summed E-state index contributed by atoms with van der Waals surface area (Å²) in [7, 11) is 1.66. The van der Waals surface area contributed by atoms with Gasteiger partial charge in [0.2, 0.25) is 5.91 Å². The maximum Gasteiger partial charge on any atom is 0.408 e. The number of anilines is 1. The van der Waals surface area contributed by atoms with Crippen molar-refractivity contribution >= 4 is 47.8 Å². The number of hydrogen-bond acceptors (Lipinski definition) is 5. The van der Waals surface area contributed by atoms with E-state index in [1.54, 1.807) is 19.3 Å². The minimum absolute atomic E-state index is 0. The standard InChI is InChI=1S/C22H38N6O3.HI/c1-8-22(9-2,28-20(30)31-21(4,5)6)15-26-19(23-7)24-13-12-18(29)27-17-11-10-16(3)14-25-17;/h10-11,14H,8-9,12-13,15H2,1-7H3,(H,28,30)(H2,23,24,26)(H,25,27,29);1H. The van der Waals surface area contributed by atoms with Gasteiger partial charge in [0.25, 0.3) is 0 Å². The molecule has 0 aromatic carbocycles. The topological polar surface area (TPSA) is 117 Å². The Kier molecular flexibility index (Phi) is 13.2. The van der Waals surface area contributed by atoms with Crippen LogP contribution >= 0.6 is 24.0 Å². The summed E-state index contributed by atoms with van der Waals surface area (Å²) in [6.45, 7) is 12.4. The first-order valence-electron chi connectivity index (χ1n) is 10.7. The summed E-state index contributed by atoms with van der Waals surface area (Å²) in [5, 5.41) is 12.1. The Hall–Kier alpha value is -2.11. The van der Waals surface area contributed by atoms with Crippen LogP contribution < -0.4 is 21.3 Å². The molecule has 0 atom stereocenters. The molecule has 182 valence electrons. The van der Waals surface area contributed by atoms with Crippen molar-refractivity contribution in [1.82, 2.24) is 20.9 Å². The Bertz CT molecular complexity index is 743. The number of pyridine rings is 1. The van der Waals surface area contributed by atoms with Crippen LogP contribution in [0, 0.1) is 6.92 Å². The highest BCUT2D eigenvalue weighted by molar-refractivity contribution is 14.0. The maximum absolute atomic E-state index is 12.3. The molecule has 0 fully saturated rings. The zero-order valence-electron chi connectivity index (χ0n) is 20.3. The lowest BCUT2D eigenvalue weighted by molar-refractivity contribution is -0.116. The highest BCUT2D eigenvalue weighted by Gasteiger charge is 2.30. The number of ether oxygens (including phenoxy) is 1. The van der Waals surface area contributed by atoms with Gasteiger partial charge >= 0.3 is 6.09 Å². The fourth-order valence-electron chi connectivity index (χ4n) is 2.76. The van der Waals surface area contributed by atoms with Gasteiger partial charge in [-0.1, -0.05) is 19.9 Å². The second-order valence-corrected chi connectivity index (χ2v) is 8.49. The minimum atomic E-state index is -0.559. The van der Waals surface area contributed by atoms with Gasteiger partial charge in [-0.05, 0) is 52.2 Å². The largest absolute Gasteiger partial charge is 0.444 e. The normalized spacial score (nSPS) is 11.8. The van der Waals surface area contributed by atoms with Crippen LogP contribution in [0.1, 0.15) is 59.4 Å². The molecule has 10 heteroatoms. The number of nitrogens with zero attached hydrogens (tertiary/aromatic N) is 2. The number of carbonyl (C=O) groups excluding carboxylic acids is 2. The third kappa shape index (κ3) is 11.5. The molecule has 0 aliphatic rings. The number of aromatic nitrogens is 1. The van der Waals surface area contributed by atoms with Crippen molar-refractivity contribution in [3.05, 3.63) is 23.9 Å². The number of carbonyl (C=O) groups is 2. The Morgan fingerprint density at radius 3 is 2.28 bits per heavy atom. The Morgan fingerprint density at radius 2 is 1.78 bits per heavy atom. The van der Waals surface area contributed by atoms with Crippen LogP contribution in [0.15, 0.2) is 23.3 Å². The van der Waals surface area contributed by atoms with E-state index in [1.807, 2.05) is 47.6 Å². The van der Waals surface area contributed by atoms with E-state index in [2.05, 4.69) is 31.2 Å². The fraction of sp³-hybridized carbons (Fsp3) is 0.636. The number of guanidine groups is 1. The van der Waals surface area contributed by atoms with Gasteiger partial charge < -0.3 is 26.0 Å². The van der Waals surface area contributed by atoms with E-state index in [-0.39, 0.29) is 36.3 Å². The summed E-state index contributed by atoms with van der Waals surface area (Å²) in [6.07, 6.45) is 2.97. The predicted octanol–water partition coefficient (Wildman–Crippen LogP) is 3.59. The van der Waals surface area contributed by atoms with Gasteiger partial charge in [-0.3, -0.25) is 9.79 Å². The molecular weight excluding hydrogens is 523 g/mol. The molecule has 0 bridgehead atoms. The first kappa shape index (κ1) is 29.9. The third-order valence-electron chi connectivity index (χ3n) is 4.76. The van der Waals surface area contributed by atoms with E-state index in [1.165, 1.54) is 0 Å². The molecule has 0 saturated heterocycles. The molecule has 0 radical (unpaired) electrons. The SMILES string of the molecule is CCC(CC)(CNC(=NC)NCCC(=O)Nc1ccc(C)cn1)NC(=O)OC(C)(C)C.I. The van der Waals surface area contributed by atoms with E-state index >= 15 is 0 Å². The molecule has 32 heavy (non-hydrogen) atoms. The smallest absolute Gasteiger partial charge is 0.408 e. The minimum Gasteiger partial charge on any atom is -0.444 e. The molecular formula is C22H39IN6O3. The molecule has 0 unspecified atom stereocenters. The summed E-state index contributed by atoms with van der Waals surface area (Å²) in [5.41, 5.74) is -0.00300. The Labute approximate surface area is 209 Å². The van der Waals surface area contributed by atoms with E-state index < -0.39 is 17.2 Å². The summed E-state index contributed by atoms with van der Waals surface area (Å²) < 4.78 is 5.40. The predicted molar refractivity (Wildman–Crippen MR) is 140 cm³/mol. The van der Waals surface area contributed by atoms with Crippen molar-refractivity contribution in [3.8, 4) is 0 Å². The molecule has 0 saturated carbocycles. The average molecular weight is 562 g/mol. The van der Waals surface area contributed by atoms with Crippen LogP contribution in [0.2, 0.25) is 0 Å². The lowest BCUT2D eigenvalue weighted by Gasteiger charge is -2.34. The number of aliphatic imine (C=N–C) groups is 1. The molecule has 1 aromatic rings. The van der Waals surface area contributed by atoms with Gasteiger partial charge in [-0.2, -0.15) is 0 Å². The Balaban J connectivity index is 0.00000961. The van der Waals surface area contributed by atoms with Crippen molar-refractivity contribution in [2.45, 2.75) is 71.9 Å². The van der Waals surface area contributed by atoms with Gasteiger partial charge in [0, 0.05) is 32.8 Å². The van der Waals surface area contributed by atoms with Crippen LogP contribution in [-0.2, 0) is 9.53 Å². The van der Waals surface area contributed by atoms with Gasteiger partial charge in [0.15, 0.2) is 5.96 Å². The average Bonchev–Trinajstić information content (AvgIpc) is 2.69. The van der Waals surface area contributed by atoms with Crippen LogP contribution in [0.3, 0.4) is 0 Å². The monoisotopic (exact) mass is 562 g/mol. The molecule has 4 N–H and O–H groups in total. The number of rotatable bonds is 9. The number of amides is 2. The van der Waals surface area contributed by atoms with Crippen molar-refractivity contribution in [1.29, 1.82) is 0 Å². The molecule has 1 aromatic heterocycles. The highest BCUT2D eigenvalue weighted by Crippen LogP contribution is 2.16. The van der Waals surface area contributed by atoms with Gasteiger partial charge in [-0.25, -0.2) is 9.78 Å². The van der Waals surface area contributed by atoms with Gasteiger partial charge in [0.05, 0.1) is 5.54 Å². The number of alkyl carbamates (subject to hydrolysis) is 1. The summed E-state index contributed by atoms with van der Waals surface area (Å²) in [4.78, 5) is 32.7. The van der Waals surface area contributed by atoms with E-state index in [9.17, 15) is 9.59 Å². The van der Waals surface area contributed by atoms with Crippen LogP contribution in [0.25, 0.3) is 0 Å². The summed E-state index contributed by atoms with van der Waals surface area (Å²) >= 11 is 0. The van der Waals surface area contributed by atoms with E-state index in [0.717, 1.165) is 18.4 Å². The Morgan fingerprint density at radius 1 is 1.12 bits per heavy atom. The van der Waals surface area contributed by atoms with Crippen molar-refractivity contribution < 1.29 is 14.3 Å². The van der Waals surface area contributed by atoms with Gasteiger partial charge in [-0.15, -0.1) is 24.0 Å². The van der Waals surface area contributed by atoms with Crippen molar-refractivity contribution in [2.24, 2.45) is 4.99 Å². The second-order valence-electron chi connectivity index (χ2n) is 8.49. The first-order chi connectivity index (χ1) is 14.5. The quantitative estimate of drug-likeness (QED) is 0.208. The first-order valence-corrected chi connectivity index (χ1v) is 10.7. The second kappa shape index (κ2) is 14.1. The zero-order valence-corrected chi connectivity index (χ0v) is 22.6. The zero-order chi connectivity index (χ0) is 23.5. The van der Waals surface area contributed by atoms with Crippen molar-refractivity contribution in [3.63, 3.8) is 0 Å². The molecule has 0 spiro atoms. The van der Waals surface area contributed by atoms with E-state index in [0.29, 0.717) is 24.9 Å². The molecule has 0 aliphatic heterocycles. The van der Waals surface area contributed by atoms with Crippen LogP contribution in [-0.4, -0.2) is 54.2 Å². The van der Waals surface area contributed by atoms with E-state index in [4.69, 9.17) is 4.74 Å². The summed E-state index contributed by atoms with van der Waals surface area (Å²) in [5.74, 6) is 0.947. The number of hydrogen-bond donors (Lipinski definition) is 4.